The average molecular weight is 342 g/mol. The highest BCUT2D eigenvalue weighted by Crippen LogP contribution is 2.23. The zero-order valence-electron chi connectivity index (χ0n) is 13.8. The lowest BCUT2D eigenvalue weighted by molar-refractivity contribution is 0.414. The second kappa shape index (κ2) is 8.59. The van der Waals surface area contributed by atoms with Crippen LogP contribution in [0.2, 0.25) is 0 Å². The molecule has 0 aliphatic rings. The summed E-state index contributed by atoms with van der Waals surface area (Å²) in [5, 5.41) is 5.26. The van der Waals surface area contributed by atoms with Gasteiger partial charge < -0.3 is 4.74 Å². The van der Waals surface area contributed by atoms with Gasteiger partial charge in [-0.25, -0.2) is 4.98 Å². The molecule has 0 spiro atoms. The summed E-state index contributed by atoms with van der Waals surface area (Å²) in [6.07, 6.45) is 11.2. The van der Waals surface area contributed by atoms with Gasteiger partial charge in [-0.2, -0.15) is 5.10 Å². The summed E-state index contributed by atoms with van der Waals surface area (Å²) < 4.78 is 9.32. The van der Waals surface area contributed by atoms with Crippen molar-refractivity contribution in [2.75, 3.05) is 12.9 Å². The van der Waals surface area contributed by atoms with Crippen LogP contribution in [0.3, 0.4) is 0 Å². The van der Waals surface area contributed by atoms with Crippen molar-refractivity contribution in [1.82, 2.24) is 19.3 Å². The first-order valence-electron chi connectivity index (χ1n) is 8.15. The maximum atomic E-state index is 5.21. The van der Waals surface area contributed by atoms with Crippen LogP contribution in [-0.2, 0) is 6.54 Å². The maximum Gasteiger partial charge on any atom is 0.172 e. The Labute approximate surface area is 146 Å². The van der Waals surface area contributed by atoms with Crippen molar-refractivity contribution in [2.24, 2.45) is 0 Å². The summed E-state index contributed by atoms with van der Waals surface area (Å²) in [5.41, 5.74) is 1.11. The number of aromatic nitrogens is 4. The molecule has 6 heteroatoms. The summed E-state index contributed by atoms with van der Waals surface area (Å²) in [6, 6.07) is 10.0. The molecule has 0 atom stereocenters. The molecule has 0 amide bonds. The van der Waals surface area contributed by atoms with Crippen LogP contribution < -0.4 is 4.74 Å². The molecule has 0 bridgehead atoms. The molecule has 0 fully saturated rings. The Morgan fingerprint density at radius 3 is 2.67 bits per heavy atom. The summed E-state index contributed by atoms with van der Waals surface area (Å²) in [4.78, 5) is 4.47. The molecule has 0 N–H and O–H groups in total. The fraction of sp³-hybridized carbons (Fsp3) is 0.333. The lowest BCUT2D eigenvalue weighted by Crippen LogP contribution is -1.98. The number of nitrogens with zero attached hydrogens (tertiary/aromatic N) is 4. The Hall–Kier alpha value is -2.21. The van der Waals surface area contributed by atoms with Crippen LogP contribution in [0.1, 0.15) is 19.3 Å². The largest absolute Gasteiger partial charge is 0.497 e. The number of unbranched alkanes of at least 4 members (excludes halogenated alkanes) is 2. The number of thioether (sulfide) groups is 1. The highest BCUT2D eigenvalue weighted by Gasteiger charge is 2.06. The third-order valence-electron chi connectivity index (χ3n) is 3.78. The molecule has 1 aromatic carbocycles. The second-order valence-corrected chi connectivity index (χ2v) is 6.52. The lowest BCUT2D eigenvalue weighted by Gasteiger charge is -2.08. The second-order valence-electron chi connectivity index (χ2n) is 5.46. The smallest absolute Gasteiger partial charge is 0.172 e. The van der Waals surface area contributed by atoms with Gasteiger partial charge in [0, 0.05) is 42.8 Å². The van der Waals surface area contributed by atoms with E-state index >= 15 is 0 Å². The van der Waals surface area contributed by atoms with E-state index < -0.39 is 0 Å². The van der Waals surface area contributed by atoms with Gasteiger partial charge in [-0.1, -0.05) is 18.2 Å². The highest BCUT2D eigenvalue weighted by atomic mass is 32.2. The van der Waals surface area contributed by atoms with Crippen LogP contribution in [0.15, 0.2) is 60.3 Å². The minimum absolute atomic E-state index is 0.866. The molecule has 0 unspecified atom stereocenters. The number of aryl methyl sites for hydroxylation is 1. The molecule has 0 aliphatic carbocycles. The highest BCUT2D eigenvalue weighted by molar-refractivity contribution is 7.99. The quantitative estimate of drug-likeness (QED) is 0.435. The van der Waals surface area contributed by atoms with E-state index in [0.29, 0.717) is 0 Å². The van der Waals surface area contributed by atoms with Crippen molar-refractivity contribution < 1.29 is 4.74 Å². The Kier molecular flexibility index (Phi) is 5.96. The van der Waals surface area contributed by atoms with Gasteiger partial charge in [0.15, 0.2) is 5.16 Å². The molecule has 3 aromatic rings. The fourth-order valence-electron chi connectivity index (χ4n) is 2.48. The molecule has 5 nitrogen and oxygen atoms in total. The molecule has 2 heterocycles. The maximum absolute atomic E-state index is 5.21. The van der Waals surface area contributed by atoms with Crippen molar-refractivity contribution in [1.29, 1.82) is 0 Å². The first-order valence-corrected chi connectivity index (χ1v) is 9.13. The Morgan fingerprint density at radius 2 is 1.92 bits per heavy atom. The third-order valence-corrected chi connectivity index (χ3v) is 4.83. The van der Waals surface area contributed by atoms with Gasteiger partial charge >= 0.3 is 0 Å². The summed E-state index contributed by atoms with van der Waals surface area (Å²) >= 11 is 1.80. The first kappa shape index (κ1) is 16.6. The minimum Gasteiger partial charge on any atom is -0.497 e. The standard InChI is InChI=1S/C18H22N4OS/c1-23-17-8-6-16(7-9-17)22-14-11-19-18(22)24-15-4-2-3-12-21-13-5-10-20-21/h5-11,13-14H,2-4,12,15H2,1H3. The zero-order valence-corrected chi connectivity index (χ0v) is 14.7. The monoisotopic (exact) mass is 342 g/mol. The van der Waals surface area contributed by atoms with E-state index in [9.17, 15) is 0 Å². The molecule has 0 saturated heterocycles. The van der Waals surface area contributed by atoms with Gasteiger partial charge in [-0.15, -0.1) is 0 Å². The van der Waals surface area contributed by atoms with Crippen LogP contribution in [0.4, 0.5) is 0 Å². The van der Waals surface area contributed by atoms with Crippen molar-refractivity contribution in [2.45, 2.75) is 31.0 Å². The van der Waals surface area contributed by atoms with E-state index in [0.717, 1.165) is 35.3 Å². The van der Waals surface area contributed by atoms with Crippen LogP contribution in [0.5, 0.6) is 5.75 Å². The molecular formula is C18H22N4OS. The van der Waals surface area contributed by atoms with Crippen molar-refractivity contribution in [3.63, 3.8) is 0 Å². The van der Waals surface area contributed by atoms with Crippen molar-refractivity contribution in [3.8, 4) is 11.4 Å². The minimum atomic E-state index is 0.866. The molecule has 3 rings (SSSR count). The molecule has 0 radical (unpaired) electrons. The number of hydrogen-bond donors (Lipinski definition) is 0. The van der Waals surface area contributed by atoms with E-state index in [2.05, 4.69) is 26.8 Å². The van der Waals surface area contributed by atoms with Gasteiger partial charge in [-0.05, 0) is 43.2 Å². The Balaban J connectivity index is 1.45. The summed E-state index contributed by atoms with van der Waals surface area (Å²) in [7, 11) is 1.68. The van der Waals surface area contributed by atoms with Crippen molar-refractivity contribution in [3.05, 3.63) is 55.1 Å². The zero-order chi connectivity index (χ0) is 16.6. The number of methoxy groups -OCH3 is 1. The van der Waals surface area contributed by atoms with Crippen molar-refractivity contribution >= 4 is 11.8 Å². The van der Waals surface area contributed by atoms with E-state index in [-0.39, 0.29) is 0 Å². The summed E-state index contributed by atoms with van der Waals surface area (Å²) in [6.45, 7) is 0.998. The predicted octanol–water partition coefficient (Wildman–Crippen LogP) is 4.04. The molecular weight excluding hydrogens is 320 g/mol. The average Bonchev–Trinajstić information content (AvgIpc) is 3.30. The fourth-order valence-corrected chi connectivity index (χ4v) is 3.46. The molecule has 0 aliphatic heterocycles. The summed E-state index contributed by atoms with van der Waals surface area (Å²) in [5.74, 6) is 1.94. The SMILES string of the molecule is COc1ccc(-n2ccnc2SCCCCCn2cccn2)cc1. The topological polar surface area (TPSA) is 44.9 Å². The molecule has 24 heavy (non-hydrogen) atoms. The molecule has 2 aromatic heterocycles. The molecule has 0 saturated carbocycles. The lowest BCUT2D eigenvalue weighted by atomic mass is 10.2. The number of imidazole rings is 1. The van der Waals surface area contributed by atoms with Gasteiger partial charge in [0.1, 0.15) is 5.75 Å². The Morgan fingerprint density at radius 1 is 1.04 bits per heavy atom. The van der Waals surface area contributed by atoms with E-state index in [1.165, 1.54) is 12.8 Å². The Bertz CT molecular complexity index is 722. The number of benzene rings is 1. The van der Waals surface area contributed by atoms with Crippen LogP contribution in [-0.4, -0.2) is 32.2 Å². The van der Waals surface area contributed by atoms with Gasteiger partial charge in [0.05, 0.1) is 7.11 Å². The van der Waals surface area contributed by atoms with E-state index in [1.807, 2.05) is 47.7 Å². The molecule has 126 valence electrons. The van der Waals surface area contributed by atoms with E-state index in [4.69, 9.17) is 4.74 Å². The van der Waals surface area contributed by atoms with Gasteiger partial charge in [0.2, 0.25) is 0 Å². The number of hydrogen-bond acceptors (Lipinski definition) is 4. The third kappa shape index (κ3) is 4.41. The van der Waals surface area contributed by atoms with Gasteiger partial charge in [0.25, 0.3) is 0 Å². The number of ether oxygens (including phenoxy) is 1. The normalized spacial score (nSPS) is 10.9. The van der Waals surface area contributed by atoms with Crippen LogP contribution in [0.25, 0.3) is 5.69 Å². The first-order chi connectivity index (χ1) is 11.9. The van der Waals surface area contributed by atoms with Crippen LogP contribution in [0, 0.1) is 0 Å². The predicted molar refractivity (Wildman–Crippen MR) is 96.9 cm³/mol. The van der Waals surface area contributed by atoms with E-state index in [1.54, 1.807) is 18.9 Å². The number of rotatable bonds is 9. The van der Waals surface area contributed by atoms with Gasteiger partial charge in [-0.3, -0.25) is 9.25 Å². The van der Waals surface area contributed by atoms with Crippen LogP contribution >= 0.6 is 11.8 Å².